The summed E-state index contributed by atoms with van der Waals surface area (Å²) in [5.74, 6) is -0.173. The van der Waals surface area contributed by atoms with Crippen LogP contribution in [-0.2, 0) is 14.8 Å². The van der Waals surface area contributed by atoms with Gasteiger partial charge in [0.25, 0.3) is 0 Å². The second kappa shape index (κ2) is 8.82. The number of carbonyl (C=O) groups excluding carboxylic acids is 1. The summed E-state index contributed by atoms with van der Waals surface area (Å²) < 4.78 is 26.3. The van der Waals surface area contributed by atoms with Gasteiger partial charge in [-0.25, -0.2) is 8.42 Å². The van der Waals surface area contributed by atoms with Crippen LogP contribution >= 0.6 is 0 Å². The molecule has 2 aromatic carbocycles. The molecule has 0 aliphatic heterocycles. The monoisotopic (exact) mass is 375 g/mol. The topological polar surface area (TPSA) is 78.5 Å². The van der Waals surface area contributed by atoms with E-state index >= 15 is 0 Å². The summed E-state index contributed by atoms with van der Waals surface area (Å²) in [5, 5.41) is 5.79. The Morgan fingerprint density at radius 2 is 1.46 bits per heavy atom. The van der Waals surface area contributed by atoms with Gasteiger partial charge in [0.1, 0.15) is 0 Å². The van der Waals surface area contributed by atoms with Crippen molar-refractivity contribution in [2.75, 3.05) is 30.3 Å². The van der Waals surface area contributed by atoms with Gasteiger partial charge >= 0.3 is 0 Å². The Morgan fingerprint density at radius 1 is 0.923 bits per heavy atom. The van der Waals surface area contributed by atoms with Gasteiger partial charge in [-0.05, 0) is 43.3 Å². The van der Waals surface area contributed by atoms with Crippen LogP contribution in [0.25, 0.3) is 0 Å². The highest BCUT2D eigenvalue weighted by Crippen LogP contribution is 2.18. The summed E-state index contributed by atoms with van der Waals surface area (Å²) in [6, 6.07) is 14.0. The van der Waals surface area contributed by atoms with Crippen molar-refractivity contribution in [3.05, 3.63) is 54.1 Å². The Morgan fingerprint density at radius 3 is 2.00 bits per heavy atom. The molecule has 0 saturated heterocycles. The first-order valence-corrected chi connectivity index (χ1v) is 10.0. The molecule has 0 unspecified atom stereocenters. The molecular weight excluding hydrogens is 350 g/mol. The molecule has 0 aliphatic carbocycles. The lowest BCUT2D eigenvalue weighted by atomic mass is 10.2. The number of carbonyl (C=O) groups is 1. The molecule has 26 heavy (non-hydrogen) atoms. The summed E-state index contributed by atoms with van der Waals surface area (Å²) in [5.41, 5.74) is 2.55. The molecule has 6 nitrogen and oxygen atoms in total. The largest absolute Gasteiger partial charge is 0.376 e. The van der Waals surface area contributed by atoms with Crippen molar-refractivity contribution >= 4 is 27.3 Å². The predicted molar refractivity (Wildman–Crippen MR) is 105 cm³/mol. The molecule has 0 fully saturated rings. The number of nitrogens with one attached hydrogen (secondary N) is 2. The fourth-order valence-electron chi connectivity index (χ4n) is 2.48. The van der Waals surface area contributed by atoms with Gasteiger partial charge in [0.05, 0.1) is 11.4 Å². The highest BCUT2D eigenvalue weighted by molar-refractivity contribution is 7.89. The molecule has 0 aliphatic rings. The number of rotatable bonds is 8. The number of amides is 1. The molecule has 0 saturated carbocycles. The zero-order valence-corrected chi connectivity index (χ0v) is 16.1. The minimum absolute atomic E-state index is 0.0933. The molecule has 0 aromatic heterocycles. The third-order valence-electron chi connectivity index (χ3n) is 3.99. The van der Waals surface area contributed by atoms with Crippen molar-refractivity contribution in [2.45, 2.75) is 25.7 Å². The van der Waals surface area contributed by atoms with Gasteiger partial charge in [-0.15, -0.1) is 0 Å². The van der Waals surface area contributed by atoms with Gasteiger partial charge in [-0.1, -0.05) is 31.5 Å². The van der Waals surface area contributed by atoms with Crippen molar-refractivity contribution in [3.63, 3.8) is 0 Å². The molecule has 2 rings (SSSR count). The maximum atomic E-state index is 12.4. The Hall–Kier alpha value is -2.38. The highest BCUT2D eigenvalue weighted by atomic mass is 32.2. The van der Waals surface area contributed by atoms with Crippen LogP contribution in [0.2, 0.25) is 0 Å². The normalized spacial score (nSPS) is 11.4. The molecule has 2 aromatic rings. The highest BCUT2D eigenvalue weighted by Gasteiger charge is 2.21. The van der Waals surface area contributed by atoms with E-state index < -0.39 is 10.0 Å². The molecule has 1 amide bonds. The van der Waals surface area contributed by atoms with E-state index in [1.54, 1.807) is 24.3 Å². The van der Waals surface area contributed by atoms with Crippen molar-refractivity contribution < 1.29 is 13.2 Å². The Kier molecular flexibility index (Phi) is 6.76. The van der Waals surface area contributed by atoms with Gasteiger partial charge in [0, 0.05) is 24.5 Å². The fraction of sp³-hybridized carbons (Fsp3) is 0.316. The average molecular weight is 375 g/mol. The first-order chi connectivity index (χ1) is 12.4. The van der Waals surface area contributed by atoms with E-state index in [0.29, 0.717) is 18.8 Å². The molecule has 0 heterocycles. The zero-order valence-electron chi connectivity index (χ0n) is 15.3. The number of benzene rings is 2. The number of sulfonamides is 1. The van der Waals surface area contributed by atoms with E-state index in [9.17, 15) is 13.2 Å². The van der Waals surface area contributed by atoms with Gasteiger partial charge in [-0.3, -0.25) is 4.79 Å². The minimum Gasteiger partial charge on any atom is -0.376 e. The predicted octanol–water partition coefficient (Wildman–Crippen LogP) is 3.08. The molecule has 2 N–H and O–H groups in total. The van der Waals surface area contributed by atoms with Gasteiger partial charge in [0.15, 0.2) is 0 Å². The maximum Gasteiger partial charge on any atom is 0.243 e. The van der Waals surface area contributed by atoms with Crippen molar-refractivity contribution in [2.24, 2.45) is 0 Å². The summed E-state index contributed by atoms with van der Waals surface area (Å²) >= 11 is 0. The van der Waals surface area contributed by atoms with Crippen LogP contribution < -0.4 is 10.6 Å². The second-order valence-corrected chi connectivity index (χ2v) is 7.82. The molecule has 0 radical (unpaired) electrons. The minimum atomic E-state index is -3.47. The SMILES string of the molecule is CCN(CC)S(=O)(=O)c1ccc(NCC(=O)Nc2ccc(C)cc2)cc1. The molecule has 0 atom stereocenters. The second-order valence-electron chi connectivity index (χ2n) is 5.88. The number of aryl methyl sites for hydroxylation is 1. The lowest BCUT2D eigenvalue weighted by Crippen LogP contribution is -2.30. The van der Waals surface area contributed by atoms with E-state index in [1.807, 2.05) is 45.0 Å². The Bertz CT molecular complexity index is 827. The van der Waals surface area contributed by atoms with Crippen LogP contribution in [0, 0.1) is 6.92 Å². The van der Waals surface area contributed by atoms with E-state index in [4.69, 9.17) is 0 Å². The van der Waals surface area contributed by atoms with Crippen molar-refractivity contribution in [1.29, 1.82) is 0 Å². The molecule has 7 heteroatoms. The van der Waals surface area contributed by atoms with Gasteiger partial charge in [0.2, 0.25) is 15.9 Å². The number of hydrogen-bond donors (Lipinski definition) is 2. The fourth-order valence-corrected chi connectivity index (χ4v) is 3.94. The summed E-state index contributed by atoms with van der Waals surface area (Å²) in [6.07, 6.45) is 0. The zero-order chi connectivity index (χ0) is 19.2. The number of anilines is 2. The van der Waals surface area contributed by atoms with Crippen molar-refractivity contribution in [3.8, 4) is 0 Å². The maximum absolute atomic E-state index is 12.4. The average Bonchev–Trinajstić information content (AvgIpc) is 2.63. The third kappa shape index (κ3) is 5.06. The Balaban J connectivity index is 1.94. The van der Waals surface area contributed by atoms with Crippen LogP contribution in [0.5, 0.6) is 0 Å². The first kappa shape index (κ1) is 19.9. The summed E-state index contributed by atoms with van der Waals surface area (Å²) in [7, 11) is -3.47. The molecule has 0 spiro atoms. The van der Waals surface area contributed by atoms with Crippen LogP contribution in [-0.4, -0.2) is 38.3 Å². The Labute approximate surface area is 155 Å². The lowest BCUT2D eigenvalue weighted by molar-refractivity contribution is -0.114. The van der Waals surface area contributed by atoms with Crippen LogP contribution in [0.15, 0.2) is 53.4 Å². The first-order valence-electron chi connectivity index (χ1n) is 8.57. The van der Waals surface area contributed by atoms with Crippen molar-refractivity contribution in [1.82, 2.24) is 4.31 Å². The van der Waals surface area contributed by atoms with Crippen LogP contribution in [0.1, 0.15) is 19.4 Å². The van der Waals surface area contributed by atoms with Crippen LogP contribution in [0.3, 0.4) is 0 Å². The van der Waals surface area contributed by atoms with Gasteiger partial charge in [-0.2, -0.15) is 4.31 Å². The molecular formula is C19H25N3O3S. The van der Waals surface area contributed by atoms with E-state index in [1.165, 1.54) is 4.31 Å². The quantitative estimate of drug-likeness (QED) is 0.743. The standard InChI is InChI=1S/C19H25N3O3S/c1-4-22(5-2)26(24,25)18-12-10-16(11-13-18)20-14-19(23)21-17-8-6-15(3)7-9-17/h6-13,20H,4-5,14H2,1-3H3,(H,21,23). The summed E-state index contributed by atoms with van der Waals surface area (Å²) in [4.78, 5) is 12.2. The van der Waals surface area contributed by atoms with E-state index in [2.05, 4.69) is 10.6 Å². The van der Waals surface area contributed by atoms with E-state index in [0.717, 1.165) is 11.3 Å². The smallest absolute Gasteiger partial charge is 0.243 e. The summed E-state index contributed by atoms with van der Waals surface area (Å²) in [6.45, 7) is 6.55. The van der Waals surface area contributed by atoms with Gasteiger partial charge < -0.3 is 10.6 Å². The number of nitrogens with zero attached hydrogens (tertiary/aromatic N) is 1. The lowest BCUT2D eigenvalue weighted by Gasteiger charge is -2.18. The molecule has 0 bridgehead atoms. The van der Waals surface area contributed by atoms with E-state index in [-0.39, 0.29) is 17.3 Å². The van der Waals surface area contributed by atoms with Crippen LogP contribution in [0.4, 0.5) is 11.4 Å². The third-order valence-corrected chi connectivity index (χ3v) is 6.05. The molecule has 140 valence electrons. The number of hydrogen-bond acceptors (Lipinski definition) is 4.